The molecule has 1 aromatic heterocycles. The minimum atomic E-state index is 0. The number of H-pyrrole nitrogens is 1. The molecule has 3 rings (SSSR count). The fourth-order valence-electron chi connectivity index (χ4n) is 2.16. The molecule has 1 aliphatic heterocycles. The summed E-state index contributed by atoms with van der Waals surface area (Å²) in [5.41, 5.74) is 1.77. The van der Waals surface area contributed by atoms with E-state index >= 15 is 0 Å². The first-order valence-corrected chi connectivity index (χ1v) is 6.56. The lowest BCUT2D eigenvalue weighted by Crippen LogP contribution is -2.13. The second-order valence-electron chi connectivity index (χ2n) is 4.36. The molecule has 0 atom stereocenters. The average Bonchev–Trinajstić information content (AvgIpc) is 2.80. The molecule has 0 spiro atoms. The molecule has 108 valence electrons. The highest BCUT2D eigenvalue weighted by molar-refractivity contribution is 5.81. The smallest absolute Gasteiger partial charge is 0.134 e. The normalized spacial score (nSPS) is 16.8. The highest BCUT2D eigenvalue weighted by Gasteiger charge is 2.02. The summed E-state index contributed by atoms with van der Waals surface area (Å²) < 4.78 is 10.9. The Kier molecular flexibility index (Phi) is 5.23. The van der Waals surface area contributed by atoms with Crippen molar-refractivity contribution in [1.29, 1.82) is 0 Å². The van der Waals surface area contributed by atoms with Crippen molar-refractivity contribution in [3.8, 4) is 0 Å². The second-order valence-corrected chi connectivity index (χ2v) is 4.36. The highest BCUT2D eigenvalue weighted by atomic mass is 16.5. The van der Waals surface area contributed by atoms with Crippen molar-refractivity contribution in [3.05, 3.63) is 35.2 Å². The van der Waals surface area contributed by atoms with Crippen LogP contribution in [0.2, 0.25) is 0 Å². The van der Waals surface area contributed by atoms with Crippen molar-refractivity contribution in [2.45, 2.75) is 0 Å². The van der Waals surface area contributed by atoms with Gasteiger partial charge in [-0.15, -0.1) is 0 Å². The maximum absolute atomic E-state index is 5.44. The van der Waals surface area contributed by atoms with Gasteiger partial charge in [0.1, 0.15) is 11.0 Å². The Morgan fingerprint density at radius 1 is 0.800 bits per heavy atom. The summed E-state index contributed by atoms with van der Waals surface area (Å²) in [6.45, 7) is 3.75. The molecule has 20 heavy (non-hydrogen) atoms. The van der Waals surface area contributed by atoms with Gasteiger partial charge in [0.25, 0.3) is 0 Å². The summed E-state index contributed by atoms with van der Waals surface area (Å²) in [5.74, 6) is 0. The van der Waals surface area contributed by atoms with Crippen molar-refractivity contribution >= 4 is 10.8 Å². The van der Waals surface area contributed by atoms with Crippen LogP contribution in [0.1, 0.15) is 0 Å². The van der Waals surface area contributed by atoms with E-state index in [9.17, 15) is 0 Å². The molecule has 0 unspecified atom stereocenters. The molecule has 1 aliphatic rings. The minimum Gasteiger partial charge on any atom is -0.412 e. The molecule has 0 saturated heterocycles. The molecule has 6 heteroatoms. The van der Waals surface area contributed by atoms with Crippen LogP contribution in [-0.2, 0) is 9.47 Å². The van der Waals surface area contributed by atoms with E-state index in [4.69, 9.17) is 9.47 Å². The van der Waals surface area contributed by atoms with Gasteiger partial charge in [0.05, 0.1) is 39.5 Å². The number of aromatic nitrogens is 1. The van der Waals surface area contributed by atoms with Crippen LogP contribution in [0.3, 0.4) is 0 Å². The van der Waals surface area contributed by atoms with Crippen molar-refractivity contribution in [2.75, 3.05) is 39.5 Å². The van der Waals surface area contributed by atoms with Crippen LogP contribution in [0.5, 0.6) is 0 Å². The Morgan fingerprint density at radius 2 is 1.30 bits per heavy atom. The van der Waals surface area contributed by atoms with Crippen LogP contribution < -0.4 is 11.0 Å². The van der Waals surface area contributed by atoms with Gasteiger partial charge in [-0.2, -0.15) is 0 Å². The number of hydrogen-bond donors (Lipinski definition) is 1. The average molecular weight is 277 g/mol. The summed E-state index contributed by atoms with van der Waals surface area (Å²) in [4.78, 5) is 12.4. The van der Waals surface area contributed by atoms with E-state index in [1.54, 1.807) is 0 Å². The number of rotatable bonds is 0. The molecular formula is C14H19N3O3. The minimum absolute atomic E-state index is 0. The molecule has 0 aliphatic carbocycles. The van der Waals surface area contributed by atoms with Gasteiger partial charge in [0, 0.05) is 10.8 Å². The number of nitrogens with zero attached hydrogens (tertiary/aromatic N) is 2. The van der Waals surface area contributed by atoms with Crippen molar-refractivity contribution < 1.29 is 14.9 Å². The van der Waals surface area contributed by atoms with Crippen LogP contribution in [0.25, 0.3) is 10.8 Å². The van der Waals surface area contributed by atoms with Crippen LogP contribution in [0.4, 0.5) is 0 Å². The number of ether oxygens (including phenoxy) is 2. The number of benzene rings is 1. The largest absolute Gasteiger partial charge is 0.412 e. The molecule has 2 bridgehead atoms. The number of hydrogen-bond acceptors (Lipinski definition) is 4. The lowest BCUT2D eigenvalue weighted by molar-refractivity contribution is 0.0538. The van der Waals surface area contributed by atoms with Crippen LogP contribution in [0.15, 0.2) is 34.3 Å². The lowest BCUT2D eigenvalue weighted by Gasteiger charge is -2.03. The quantitative estimate of drug-likeness (QED) is 0.711. The molecule has 0 radical (unpaired) electrons. The summed E-state index contributed by atoms with van der Waals surface area (Å²) in [5, 5.41) is 2.22. The Hall–Kier alpha value is -1.76. The first kappa shape index (κ1) is 14.6. The first-order valence-electron chi connectivity index (χ1n) is 6.56. The maximum atomic E-state index is 5.44. The Balaban J connectivity index is 0.00000147. The molecular weight excluding hydrogens is 258 g/mol. The van der Waals surface area contributed by atoms with Crippen molar-refractivity contribution in [1.82, 2.24) is 4.98 Å². The Morgan fingerprint density at radius 3 is 1.80 bits per heavy atom. The topological polar surface area (TPSA) is 90.5 Å². The van der Waals surface area contributed by atoms with Crippen LogP contribution in [0, 0.1) is 0 Å². The summed E-state index contributed by atoms with van der Waals surface area (Å²) in [6.07, 6.45) is 0. The molecule has 0 amide bonds. The number of fused-ring (bicyclic) bond motifs is 5. The Labute approximate surface area is 116 Å². The molecule has 1 aromatic carbocycles. The fourth-order valence-corrected chi connectivity index (χ4v) is 2.16. The van der Waals surface area contributed by atoms with E-state index in [1.165, 1.54) is 0 Å². The van der Waals surface area contributed by atoms with E-state index in [2.05, 4.69) is 27.1 Å². The highest BCUT2D eigenvalue weighted by Crippen LogP contribution is 2.03. The molecule has 2 heterocycles. The predicted molar refractivity (Wildman–Crippen MR) is 75.6 cm³/mol. The molecule has 6 nitrogen and oxygen atoms in total. The second kappa shape index (κ2) is 7.14. The van der Waals surface area contributed by atoms with E-state index < -0.39 is 0 Å². The van der Waals surface area contributed by atoms with Gasteiger partial charge in [0.15, 0.2) is 0 Å². The van der Waals surface area contributed by atoms with Gasteiger partial charge < -0.3 is 19.9 Å². The standard InChI is InChI=1S/C14H17N3O2.H2O/c1-2-4-12-11(3-1)13-15-5-7-18-9-10-19-8-6-16-14(12)17-13;/h1-4H,5-10H2,(H,15,16,17);1H2. The maximum Gasteiger partial charge on any atom is 0.134 e. The summed E-state index contributed by atoms with van der Waals surface area (Å²) >= 11 is 0. The lowest BCUT2D eigenvalue weighted by atomic mass is 10.2. The number of aromatic amines is 1. The zero-order chi connectivity index (χ0) is 12.9. The van der Waals surface area contributed by atoms with Gasteiger partial charge in [-0.3, -0.25) is 9.98 Å². The molecule has 0 fully saturated rings. The predicted octanol–water partition coefficient (Wildman–Crippen LogP) is -0.371. The van der Waals surface area contributed by atoms with E-state index in [0.29, 0.717) is 39.5 Å². The molecule has 0 saturated carbocycles. The third-order valence-electron chi connectivity index (χ3n) is 3.06. The monoisotopic (exact) mass is 277 g/mol. The fraction of sp³-hybridized carbons (Fsp3) is 0.429. The van der Waals surface area contributed by atoms with Gasteiger partial charge in [0.2, 0.25) is 0 Å². The van der Waals surface area contributed by atoms with E-state index in [0.717, 1.165) is 21.7 Å². The third-order valence-corrected chi connectivity index (χ3v) is 3.06. The van der Waals surface area contributed by atoms with E-state index in [-0.39, 0.29) is 5.48 Å². The zero-order valence-corrected chi connectivity index (χ0v) is 11.3. The van der Waals surface area contributed by atoms with Crippen LogP contribution >= 0.6 is 0 Å². The molecule has 3 N–H and O–H groups in total. The van der Waals surface area contributed by atoms with E-state index in [1.807, 2.05) is 12.1 Å². The third kappa shape index (κ3) is 3.22. The number of nitrogens with one attached hydrogen (secondary N) is 1. The van der Waals surface area contributed by atoms with Crippen molar-refractivity contribution in [2.24, 2.45) is 9.98 Å². The molecule has 2 aromatic rings. The van der Waals surface area contributed by atoms with Gasteiger partial charge in [-0.25, -0.2) is 0 Å². The van der Waals surface area contributed by atoms with Gasteiger partial charge in [-0.1, -0.05) is 24.3 Å². The SMILES string of the molecule is O.c1ccc2c3[nH]c(c2c1)=NCCOCCOCCN=3. The van der Waals surface area contributed by atoms with Crippen LogP contribution in [-0.4, -0.2) is 50.0 Å². The summed E-state index contributed by atoms with van der Waals surface area (Å²) in [7, 11) is 0. The summed E-state index contributed by atoms with van der Waals surface area (Å²) in [6, 6.07) is 8.16. The van der Waals surface area contributed by atoms with Gasteiger partial charge >= 0.3 is 0 Å². The first-order chi connectivity index (χ1) is 9.45. The Bertz CT molecular complexity index is 610. The zero-order valence-electron chi connectivity index (χ0n) is 11.3. The van der Waals surface area contributed by atoms with Crippen molar-refractivity contribution in [3.63, 3.8) is 0 Å². The van der Waals surface area contributed by atoms with Gasteiger partial charge in [-0.05, 0) is 0 Å².